The predicted molar refractivity (Wildman–Crippen MR) is 476 cm³/mol. The number of nitrogens with zero attached hydrogens (tertiary/aromatic N) is 6. The van der Waals surface area contributed by atoms with Gasteiger partial charge in [0, 0.05) is 120 Å². The highest BCUT2D eigenvalue weighted by Gasteiger charge is 2.38. The average Bonchev–Trinajstić information content (AvgIpc) is 1.64. The molecule has 14 aromatic rings. The summed E-state index contributed by atoms with van der Waals surface area (Å²) in [5, 5.41) is 3.76. The Bertz CT molecular complexity index is 6120. The molecule has 8 aromatic carbocycles. The number of para-hydroxylation sites is 4. The Balaban J connectivity index is 0.000000136. The van der Waals surface area contributed by atoms with Gasteiger partial charge in [-0.2, -0.15) is 0 Å². The lowest BCUT2D eigenvalue weighted by Gasteiger charge is -2.14. The molecule has 4 amide bonds. The van der Waals surface area contributed by atoms with Crippen LogP contribution in [0.2, 0.25) is 5.02 Å². The summed E-state index contributed by atoms with van der Waals surface area (Å²) >= 11 is 35.1. The number of thioether (sulfide) groups is 4. The van der Waals surface area contributed by atoms with Gasteiger partial charge in [-0.05, 0) is 104 Å². The number of H-pyrrole nitrogens is 4. The number of allylic oxidation sites excluding steroid dienone is 4. The van der Waals surface area contributed by atoms with E-state index in [9.17, 15) is 38.4 Å². The van der Waals surface area contributed by atoms with E-state index in [1.807, 2.05) is 165 Å². The predicted octanol–water partition coefficient (Wildman–Crippen LogP) is 21.3. The van der Waals surface area contributed by atoms with Crippen LogP contribution in [0.1, 0.15) is 69.3 Å². The fraction of sp³-hybridized carbons (Fsp3) is 0.0488. The summed E-state index contributed by atoms with van der Waals surface area (Å²) in [4.78, 5) is 130. The van der Waals surface area contributed by atoms with Gasteiger partial charge in [-0.15, -0.1) is 22.7 Å². The number of anilines is 4. The first kappa shape index (κ1) is 79.8. The van der Waals surface area contributed by atoms with Crippen LogP contribution in [0.3, 0.4) is 0 Å². The van der Waals surface area contributed by atoms with E-state index < -0.39 is 0 Å². The minimum Gasteiger partial charge on any atom is -0.360 e. The molecule has 4 aliphatic rings. The number of rotatable bonds is 12. The maximum atomic E-state index is 12.9. The van der Waals surface area contributed by atoms with Crippen molar-refractivity contribution in [2.24, 2.45) is 0 Å². The molecule has 10 heterocycles. The third kappa shape index (κ3) is 16.4. The van der Waals surface area contributed by atoms with Crippen molar-refractivity contribution in [1.29, 1.82) is 0 Å². The molecule has 0 saturated carbocycles. The van der Waals surface area contributed by atoms with Gasteiger partial charge in [-0.25, -0.2) is 9.97 Å². The standard InChI is InChI=1S/2C20H11N3O2S3.C20H14N2O2S2.C19H11ClN2O2S2.3CH4/c2*24-16(13-9-21-14-4-2-1-3-12(13)14)8-18-19(25)23(20(26)28-18)11-5-6-15-17(7-11)27-10-22-15;1-12-6-8-13(9-7-12)22-19(24)18(26-20(22)25)10-17(23)15-11-21-16-5-3-2-4-14(15)16;20-11-6-7-15-13(8-11)14(10-21-15)16(23)9-17-18(24)22(19(25)26-17)12-4-2-1-3-5-12;;;/h2*1-10,21H;2-11,21H,1H3;1-10,21H;3*1H4/b2*18-8-;18-10-;17-9-;;;. The molecule has 111 heavy (non-hydrogen) atoms. The number of hydrogen-bond donors (Lipinski definition) is 4. The van der Waals surface area contributed by atoms with Gasteiger partial charge < -0.3 is 19.9 Å². The Morgan fingerprint density at radius 2 is 0.676 bits per heavy atom. The SMILES string of the molecule is C.C.C.Cc1ccc(N2C(=O)/C(=C/C(=O)c3c[nH]c4ccccc34)SC2=S)cc1.O=C(/C=C1\SC(=S)N(c2ccc3ncsc3c2)C1=O)c1c[nH]c2ccccc12.O=C(/C=C1\SC(=S)N(c2ccc3ncsc3c2)C1=O)c1c[nH]c2ccccc12.O=C(/C=C1\SC(=S)N(c2ccccc2)C1=O)c1c[nH]c2ccc(Cl)cc12. The first-order valence-corrected chi connectivity index (χ1v) is 39.4. The fourth-order valence-corrected chi connectivity index (χ4v) is 18.6. The van der Waals surface area contributed by atoms with Crippen LogP contribution in [0.15, 0.2) is 262 Å². The monoisotopic (exact) mass is 1670 g/mol. The Labute approximate surface area is 686 Å². The number of aromatic nitrogens is 6. The highest BCUT2D eigenvalue weighted by Crippen LogP contribution is 2.41. The molecule has 6 aromatic heterocycles. The summed E-state index contributed by atoms with van der Waals surface area (Å²) in [6, 6.07) is 55.8. The summed E-state index contributed by atoms with van der Waals surface area (Å²) in [7, 11) is 0. The Kier molecular flexibility index (Phi) is 24.6. The first-order chi connectivity index (χ1) is 52.3. The number of carbonyl (C=O) groups is 8. The first-order valence-electron chi connectivity index (χ1n) is 32.3. The number of fused-ring (bicyclic) bond motifs is 6. The van der Waals surface area contributed by atoms with Crippen molar-refractivity contribution < 1.29 is 38.4 Å². The molecule has 18 nitrogen and oxygen atoms in total. The molecule has 0 radical (unpaired) electrons. The zero-order chi connectivity index (χ0) is 75.0. The van der Waals surface area contributed by atoms with Gasteiger partial charge in [0.1, 0.15) is 0 Å². The highest BCUT2D eigenvalue weighted by molar-refractivity contribution is 8.28. The van der Waals surface area contributed by atoms with E-state index >= 15 is 0 Å². The van der Waals surface area contributed by atoms with Crippen LogP contribution in [0, 0.1) is 6.92 Å². The molecule has 0 aliphatic carbocycles. The number of thiocarbonyl (C=S) groups is 4. The zero-order valence-electron chi connectivity index (χ0n) is 55.5. The third-order valence-electron chi connectivity index (χ3n) is 17.1. The van der Waals surface area contributed by atoms with Crippen LogP contribution >= 0.6 is 130 Å². The number of ketones is 4. The Morgan fingerprint density at radius 1 is 0.369 bits per heavy atom. The summed E-state index contributed by atoms with van der Waals surface area (Å²) in [6.07, 6.45) is 12.1. The van der Waals surface area contributed by atoms with Crippen LogP contribution in [0.4, 0.5) is 22.7 Å². The number of amides is 4. The van der Waals surface area contributed by atoms with Crippen molar-refractivity contribution in [1.82, 2.24) is 29.9 Å². The van der Waals surface area contributed by atoms with E-state index in [2.05, 4.69) is 29.9 Å². The average molecular weight is 1670 g/mol. The van der Waals surface area contributed by atoms with Crippen LogP contribution in [0.5, 0.6) is 0 Å². The third-order valence-corrected chi connectivity index (χ3v) is 24.2. The number of aromatic amines is 4. The Morgan fingerprint density at radius 3 is 1.05 bits per heavy atom. The summed E-state index contributed by atoms with van der Waals surface area (Å²) in [5.74, 6) is -2.07. The minimum atomic E-state index is -0.294. The van der Waals surface area contributed by atoms with E-state index in [1.165, 1.54) is 66.6 Å². The van der Waals surface area contributed by atoms with Gasteiger partial charge >= 0.3 is 0 Å². The molecule has 18 rings (SSSR count). The molecule has 29 heteroatoms. The van der Waals surface area contributed by atoms with Gasteiger partial charge in [-0.3, -0.25) is 58.0 Å². The second-order valence-electron chi connectivity index (χ2n) is 23.8. The quantitative estimate of drug-likeness (QED) is 0.0505. The molecule has 4 saturated heterocycles. The Hall–Kier alpha value is -10.7. The molecular formula is C82H59ClN10O8S10. The van der Waals surface area contributed by atoms with Crippen LogP contribution in [-0.2, 0) is 19.2 Å². The number of hydrogen-bond acceptors (Lipinski definition) is 20. The maximum Gasteiger partial charge on any atom is 0.270 e. The number of nitrogens with one attached hydrogen (secondary N) is 4. The van der Waals surface area contributed by atoms with Gasteiger partial charge in [-0.1, -0.05) is 220 Å². The molecule has 0 spiro atoms. The molecule has 552 valence electrons. The normalized spacial score (nSPS) is 15.6. The van der Waals surface area contributed by atoms with E-state index in [1.54, 1.807) is 60.1 Å². The van der Waals surface area contributed by atoms with Gasteiger partial charge in [0.15, 0.2) is 40.4 Å². The molecule has 4 N–H and O–H groups in total. The number of carbonyl (C=O) groups excluding carboxylic acids is 8. The lowest BCUT2D eigenvalue weighted by Crippen LogP contribution is -2.27. The molecule has 0 atom stereocenters. The fourth-order valence-electron chi connectivity index (χ4n) is 11.9. The minimum absolute atomic E-state index is 0. The lowest BCUT2D eigenvalue weighted by molar-refractivity contribution is -0.114. The van der Waals surface area contributed by atoms with Crippen molar-refractivity contribution in [3.8, 4) is 0 Å². The van der Waals surface area contributed by atoms with E-state index in [4.69, 9.17) is 60.5 Å². The molecule has 0 bridgehead atoms. The number of aryl methyl sites for hydroxylation is 1. The van der Waals surface area contributed by atoms with Crippen molar-refractivity contribution >= 4 is 281 Å². The van der Waals surface area contributed by atoms with Crippen LogP contribution in [-0.4, -0.2) is 93.9 Å². The summed E-state index contributed by atoms with van der Waals surface area (Å²) in [5.41, 5.74) is 14.7. The summed E-state index contributed by atoms with van der Waals surface area (Å²) in [6.45, 7) is 1.98. The van der Waals surface area contributed by atoms with Crippen molar-refractivity contribution in [2.75, 3.05) is 19.6 Å². The van der Waals surface area contributed by atoms with Crippen molar-refractivity contribution in [3.63, 3.8) is 0 Å². The van der Waals surface area contributed by atoms with Gasteiger partial charge in [0.25, 0.3) is 23.6 Å². The largest absolute Gasteiger partial charge is 0.360 e. The van der Waals surface area contributed by atoms with Crippen LogP contribution < -0.4 is 19.6 Å². The second-order valence-corrected chi connectivity index (χ2v) is 32.8. The van der Waals surface area contributed by atoms with E-state index in [0.29, 0.717) is 86.9 Å². The van der Waals surface area contributed by atoms with Crippen molar-refractivity contribution in [2.45, 2.75) is 29.2 Å². The van der Waals surface area contributed by atoms with Crippen LogP contribution in [0.25, 0.3) is 64.0 Å². The van der Waals surface area contributed by atoms with Gasteiger partial charge in [0.2, 0.25) is 0 Å². The van der Waals surface area contributed by atoms with E-state index in [0.717, 1.165) is 117 Å². The molecule has 4 aliphatic heterocycles. The number of benzene rings is 8. The number of halogens is 1. The second kappa shape index (κ2) is 34.3. The smallest absolute Gasteiger partial charge is 0.270 e. The number of thiazole rings is 2. The topological polar surface area (TPSA) is 238 Å². The lowest BCUT2D eigenvalue weighted by atomic mass is 10.1. The summed E-state index contributed by atoms with van der Waals surface area (Å²) < 4.78 is 3.61. The zero-order valence-corrected chi connectivity index (χ0v) is 64.4. The molecule has 4 fully saturated rings. The maximum absolute atomic E-state index is 12.9. The molecular weight excluding hydrogens is 1610 g/mol. The van der Waals surface area contributed by atoms with E-state index in [-0.39, 0.29) is 69.0 Å². The van der Waals surface area contributed by atoms with Gasteiger partial charge in [0.05, 0.1) is 73.8 Å². The molecule has 0 unspecified atom stereocenters. The highest BCUT2D eigenvalue weighted by atomic mass is 35.5. The van der Waals surface area contributed by atoms with Crippen molar-refractivity contribution in [3.05, 3.63) is 295 Å².